The van der Waals surface area contributed by atoms with Crippen molar-refractivity contribution in [3.8, 4) is 11.1 Å². The van der Waals surface area contributed by atoms with Crippen molar-refractivity contribution in [3.63, 3.8) is 0 Å². The minimum absolute atomic E-state index is 1.02. The molecule has 2 heteroatoms. The van der Waals surface area contributed by atoms with Crippen molar-refractivity contribution in [2.24, 2.45) is 7.05 Å². The van der Waals surface area contributed by atoms with E-state index >= 15 is 0 Å². The fraction of sp³-hybridized carbons (Fsp3) is 0.118. The first-order chi connectivity index (χ1) is 9.33. The molecule has 0 aliphatic carbocycles. The Morgan fingerprint density at radius 3 is 2.58 bits per heavy atom. The van der Waals surface area contributed by atoms with Gasteiger partial charge in [0.2, 0.25) is 0 Å². The molecule has 0 bridgehead atoms. The molecule has 3 rings (SSSR count). The van der Waals surface area contributed by atoms with Crippen molar-refractivity contribution >= 4 is 17.1 Å². The lowest BCUT2D eigenvalue weighted by atomic mass is 10.0. The summed E-state index contributed by atoms with van der Waals surface area (Å²) in [6.45, 7) is 2.04. The van der Waals surface area contributed by atoms with Crippen LogP contribution >= 0.6 is 0 Å². The largest absolute Gasteiger partial charge is 0.328 e. The monoisotopic (exact) mass is 248 g/mol. The smallest absolute Gasteiger partial charge is 0.140 e. The first kappa shape index (κ1) is 11.7. The summed E-state index contributed by atoms with van der Waals surface area (Å²) in [5, 5.41) is 1.20. The second kappa shape index (κ2) is 4.73. The zero-order valence-electron chi connectivity index (χ0n) is 11.2. The van der Waals surface area contributed by atoms with Crippen LogP contribution in [-0.4, -0.2) is 9.55 Å². The molecule has 3 aromatic rings. The van der Waals surface area contributed by atoms with Gasteiger partial charge in [0.25, 0.3) is 0 Å². The Bertz CT molecular complexity index is 737. The van der Waals surface area contributed by atoms with Crippen LogP contribution in [0.4, 0.5) is 0 Å². The third-order valence-electron chi connectivity index (χ3n) is 3.38. The minimum atomic E-state index is 1.02. The molecule has 0 spiro atoms. The summed E-state index contributed by atoms with van der Waals surface area (Å²) in [7, 11) is 2.07. The molecule has 0 radical (unpaired) electrons. The van der Waals surface area contributed by atoms with Crippen molar-refractivity contribution in [2.75, 3.05) is 0 Å². The predicted molar refractivity (Wildman–Crippen MR) is 80.9 cm³/mol. The summed E-state index contributed by atoms with van der Waals surface area (Å²) in [5.74, 6) is 0. The van der Waals surface area contributed by atoms with Gasteiger partial charge in [-0.05, 0) is 30.7 Å². The summed E-state index contributed by atoms with van der Waals surface area (Å²) >= 11 is 0. The van der Waals surface area contributed by atoms with E-state index in [2.05, 4.69) is 59.1 Å². The fourth-order valence-electron chi connectivity index (χ4n) is 2.54. The van der Waals surface area contributed by atoms with E-state index in [1.807, 2.05) is 25.3 Å². The topological polar surface area (TPSA) is 17.8 Å². The van der Waals surface area contributed by atoms with Crippen molar-refractivity contribution in [1.82, 2.24) is 9.55 Å². The van der Waals surface area contributed by atoms with Crippen LogP contribution in [0.3, 0.4) is 0 Å². The van der Waals surface area contributed by atoms with Gasteiger partial charge in [-0.2, -0.15) is 0 Å². The molecule has 2 heterocycles. The number of allylic oxidation sites excluding steroid dienone is 1. The second-order valence-electron chi connectivity index (χ2n) is 4.56. The van der Waals surface area contributed by atoms with Crippen molar-refractivity contribution in [1.29, 1.82) is 0 Å². The van der Waals surface area contributed by atoms with Crippen LogP contribution in [0.25, 0.3) is 28.2 Å². The number of fused-ring (bicyclic) bond motifs is 1. The van der Waals surface area contributed by atoms with Crippen LogP contribution in [0, 0.1) is 0 Å². The van der Waals surface area contributed by atoms with Gasteiger partial charge in [-0.15, -0.1) is 0 Å². The molecular weight excluding hydrogens is 232 g/mol. The van der Waals surface area contributed by atoms with Gasteiger partial charge >= 0.3 is 0 Å². The Morgan fingerprint density at radius 1 is 1.05 bits per heavy atom. The van der Waals surface area contributed by atoms with E-state index in [1.165, 1.54) is 22.2 Å². The number of aromatic nitrogens is 2. The number of nitrogens with zero attached hydrogens (tertiary/aromatic N) is 2. The summed E-state index contributed by atoms with van der Waals surface area (Å²) in [5.41, 5.74) is 4.70. The van der Waals surface area contributed by atoms with Gasteiger partial charge in [0.1, 0.15) is 5.65 Å². The molecule has 0 aliphatic rings. The molecule has 2 aromatic heterocycles. The SMILES string of the molecule is C/C=C\c1c(-c2ccccc2)c2cccnc2n1C. The summed E-state index contributed by atoms with van der Waals surface area (Å²) in [6, 6.07) is 14.6. The third kappa shape index (κ3) is 1.85. The standard InChI is InChI=1S/C17H16N2/c1-3-8-15-16(13-9-5-4-6-10-13)14-11-7-12-18-17(14)19(15)2/h3-12H,1-2H3/b8-3-. The van der Waals surface area contributed by atoms with E-state index in [0.717, 1.165) is 5.65 Å². The highest BCUT2D eigenvalue weighted by molar-refractivity contribution is 5.99. The first-order valence-corrected chi connectivity index (χ1v) is 6.44. The normalized spacial score (nSPS) is 11.5. The number of hydrogen-bond acceptors (Lipinski definition) is 1. The van der Waals surface area contributed by atoms with Crippen molar-refractivity contribution in [3.05, 3.63) is 60.4 Å². The predicted octanol–water partition coefficient (Wildman–Crippen LogP) is 4.27. The summed E-state index contributed by atoms with van der Waals surface area (Å²) in [4.78, 5) is 4.50. The van der Waals surface area contributed by atoms with Crippen LogP contribution < -0.4 is 0 Å². The van der Waals surface area contributed by atoms with Gasteiger partial charge in [-0.3, -0.25) is 0 Å². The number of hydrogen-bond donors (Lipinski definition) is 0. The molecule has 1 aromatic carbocycles. The third-order valence-corrected chi connectivity index (χ3v) is 3.38. The number of aryl methyl sites for hydroxylation is 1. The van der Waals surface area contributed by atoms with Gasteiger partial charge in [0.15, 0.2) is 0 Å². The average molecular weight is 248 g/mol. The molecule has 2 nitrogen and oxygen atoms in total. The molecule has 0 atom stereocenters. The zero-order chi connectivity index (χ0) is 13.2. The van der Waals surface area contributed by atoms with E-state index in [0.29, 0.717) is 0 Å². The van der Waals surface area contributed by atoms with Crippen LogP contribution in [0.2, 0.25) is 0 Å². The highest BCUT2D eigenvalue weighted by Crippen LogP contribution is 2.34. The van der Waals surface area contributed by atoms with Crippen molar-refractivity contribution < 1.29 is 0 Å². The number of pyridine rings is 1. The molecule has 0 fully saturated rings. The van der Waals surface area contributed by atoms with Crippen LogP contribution in [0.1, 0.15) is 12.6 Å². The van der Waals surface area contributed by atoms with Crippen LogP contribution in [0.5, 0.6) is 0 Å². The lowest BCUT2D eigenvalue weighted by Crippen LogP contribution is -1.92. The first-order valence-electron chi connectivity index (χ1n) is 6.44. The lowest BCUT2D eigenvalue weighted by molar-refractivity contribution is 0.936. The molecule has 0 unspecified atom stereocenters. The fourth-order valence-corrected chi connectivity index (χ4v) is 2.54. The quantitative estimate of drug-likeness (QED) is 0.662. The summed E-state index contributed by atoms with van der Waals surface area (Å²) < 4.78 is 2.15. The van der Waals surface area contributed by atoms with Gasteiger partial charge < -0.3 is 4.57 Å². The second-order valence-corrected chi connectivity index (χ2v) is 4.56. The van der Waals surface area contributed by atoms with E-state index in [9.17, 15) is 0 Å². The highest BCUT2D eigenvalue weighted by Gasteiger charge is 2.14. The maximum atomic E-state index is 4.50. The lowest BCUT2D eigenvalue weighted by Gasteiger charge is -2.03. The van der Waals surface area contributed by atoms with Gasteiger partial charge in [-0.25, -0.2) is 4.98 Å². The van der Waals surface area contributed by atoms with Gasteiger partial charge in [-0.1, -0.05) is 36.4 Å². The van der Waals surface area contributed by atoms with Gasteiger partial charge in [0, 0.05) is 24.2 Å². The zero-order valence-corrected chi connectivity index (χ0v) is 11.2. The molecular formula is C17H16N2. The van der Waals surface area contributed by atoms with E-state index in [1.54, 1.807) is 0 Å². The summed E-state index contributed by atoms with van der Waals surface area (Å²) in [6.07, 6.45) is 6.06. The number of benzene rings is 1. The molecule has 0 saturated heterocycles. The van der Waals surface area contributed by atoms with Crippen LogP contribution in [-0.2, 0) is 7.05 Å². The Labute approximate surface area is 113 Å². The molecule has 19 heavy (non-hydrogen) atoms. The van der Waals surface area contributed by atoms with Crippen molar-refractivity contribution in [2.45, 2.75) is 6.92 Å². The van der Waals surface area contributed by atoms with Gasteiger partial charge in [0.05, 0.1) is 5.69 Å². The van der Waals surface area contributed by atoms with Crippen LogP contribution in [0.15, 0.2) is 54.7 Å². The Morgan fingerprint density at radius 2 is 1.84 bits per heavy atom. The molecule has 0 saturated carbocycles. The Balaban J connectivity index is 2.42. The highest BCUT2D eigenvalue weighted by atomic mass is 15.0. The van der Waals surface area contributed by atoms with E-state index in [4.69, 9.17) is 0 Å². The molecule has 0 N–H and O–H groups in total. The Kier molecular flexibility index (Phi) is 2.92. The molecule has 94 valence electrons. The minimum Gasteiger partial charge on any atom is -0.328 e. The molecule has 0 amide bonds. The van der Waals surface area contributed by atoms with E-state index < -0.39 is 0 Å². The number of rotatable bonds is 2. The average Bonchev–Trinajstić information content (AvgIpc) is 2.74. The maximum absolute atomic E-state index is 4.50. The Hall–Kier alpha value is -2.35. The maximum Gasteiger partial charge on any atom is 0.140 e. The molecule has 0 aliphatic heterocycles. The van der Waals surface area contributed by atoms with E-state index in [-0.39, 0.29) is 0 Å².